The molecule has 0 aromatic rings. The van der Waals surface area contributed by atoms with E-state index in [1.165, 1.54) is 180 Å². The van der Waals surface area contributed by atoms with Gasteiger partial charge in [-0.2, -0.15) is 0 Å². The predicted molar refractivity (Wildman–Crippen MR) is 386 cm³/mol. The minimum absolute atomic E-state index is 0.104. The van der Waals surface area contributed by atoms with E-state index in [4.69, 9.17) is 37.0 Å². The van der Waals surface area contributed by atoms with E-state index in [2.05, 4.69) is 55.4 Å². The molecule has 0 aliphatic heterocycles. The minimum atomic E-state index is -4.96. The molecule has 0 aromatic carbocycles. The van der Waals surface area contributed by atoms with E-state index >= 15 is 0 Å². The van der Waals surface area contributed by atoms with Crippen molar-refractivity contribution in [3.63, 3.8) is 0 Å². The Hall–Kier alpha value is -1.94. The number of unbranched alkanes of at least 4 members (excludes halogenated alkanes) is 37. The number of rotatable bonds is 73. The van der Waals surface area contributed by atoms with Crippen LogP contribution in [0.2, 0.25) is 0 Å². The molecule has 0 radical (unpaired) electrons. The lowest BCUT2D eigenvalue weighted by atomic mass is 9.99. The Bertz CT molecular complexity index is 1870. The molecule has 564 valence electrons. The number of esters is 4. The molecule has 0 amide bonds. The van der Waals surface area contributed by atoms with Gasteiger partial charge in [-0.3, -0.25) is 37.3 Å². The highest BCUT2D eigenvalue weighted by Crippen LogP contribution is 2.45. The van der Waals surface area contributed by atoms with Crippen LogP contribution in [0.25, 0.3) is 0 Å². The maximum atomic E-state index is 13.1. The van der Waals surface area contributed by atoms with Crippen molar-refractivity contribution in [1.82, 2.24) is 0 Å². The fourth-order valence-corrected chi connectivity index (χ4v) is 13.1. The maximum absolute atomic E-state index is 13.1. The van der Waals surface area contributed by atoms with Crippen molar-refractivity contribution in [3.05, 3.63) is 0 Å². The lowest BCUT2D eigenvalue weighted by Gasteiger charge is -2.21. The second kappa shape index (κ2) is 65.4. The van der Waals surface area contributed by atoms with Gasteiger partial charge in [-0.1, -0.05) is 331 Å². The summed E-state index contributed by atoms with van der Waals surface area (Å²) in [5.41, 5.74) is 0. The molecular weight excluding hydrogens is 1250 g/mol. The summed E-state index contributed by atoms with van der Waals surface area (Å²) in [6.07, 6.45) is 50.0. The number of phosphoric ester groups is 2. The smallest absolute Gasteiger partial charge is 0.462 e. The van der Waals surface area contributed by atoms with Crippen LogP contribution >= 0.6 is 15.6 Å². The second-order valence-electron chi connectivity index (χ2n) is 28.8. The number of aliphatic hydroxyl groups excluding tert-OH is 1. The molecule has 95 heavy (non-hydrogen) atoms. The van der Waals surface area contributed by atoms with Crippen molar-refractivity contribution >= 4 is 39.5 Å². The molecule has 0 heterocycles. The van der Waals surface area contributed by atoms with Gasteiger partial charge in [-0.25, -0.2) is 9.13 Å². The van der Waals surface area contributed by atoms with Crippen molar-refractivity contribution in [2.45, 2.75) is 401 Å². The van der Waals surface area contributed by atoms with Crippen LogP contribution in [0.4, 0.5) is 0 Å². The van der Waals surface area contributed by atoms with Crippen LogP contribution in [0.15, 0.2) is 0 Å². The van der Waals surface area contributed by atoms with Crippen molar-refractivity contribution in [1.29, 1.82) is 0 Å². The molecule has 0 fully saturated rings. The van der Waals surface area contributed by atoms with E-state index in [9.17, 15) is 43.2 Å². The molecular formula is C76H148O17P2. The van der Waals surface area contributed by atoms with Gasteiger partial charge in [0.2, 0.25) is 0 Å². The third-order valence-electron chi connectivity index (χ3n) is 18.3. The number of carbonyl (C=O) groups excluding carboxylic acids is 4. The Labute approximate surface area is 581 Å². The lowest BCUT2D eigenvalue weighted by molar-refractivity contribution is -0.161. The Kier molecular flexibility index (Phi) is 64.0. The van der Waals surface area contributed by atoms with E-state index in [-0.39, 0.29) is 25.7 Å². The summed E-state index contributed by atoms with van der Waals surface area (Å²) in [6, 6.07) is 0. The van der Waals surface area contributed by atoms with Crippen molar-refractivity contribution < 1.29 is 80.2 Å². The molecule has 0 spiro atoms. The Morgan fingerprint density at radius 3 is 0.747 bits per heavy atom. The summed E-state index contributed by atoms with van der Waals surface area (Å²) in [7, 11) is -9.91. The Morgan fingerprint density at radius 2 is 0.505 bits per heavy atom. The van der Waals surface area contributed by atoms with Gasteiger partial charge >= 0.3 is 39.5 Å². The number of phosphoric acid groups is 2. The second-order valence-corrected chi connectivity index (χ2v) is 31.7. The van der Waals surface area contributed by atoms with Crippen molar-refractivity contribution in [2.75, 3.05) is 39.6 Å². The molecule has 0 aliphatic carbocycles. The molecule has 0 bridgehead atoms. The highest BCUT2D eigenvalue weighted by atomic mass is 31.2. The zero-order chi connectivity index (χ0) is 70.3. The zero-order valence-electron chi connectivity index (χ0n) is 62.3. The molecule has 5 unspecified atom stereocenters. The van der Waals surface area contributed by atoms with E-state index in [0.717, 1.165) is 114 Å². The van der Waals surface area contributed by atoms with Gasteiger partial charge in [0.15, 0.2) is 12.2 Å². The van der Waals surface area contributed by atoms with Gasteiger partial charge < -0.3 is 33.8 Å². The first-order valence-electron chi connectivity index (χ1n) is 39.3. The summed E-state index contributed by atoms with van der Waals surface area (Å²) in [4.78, 5) is 72.8. The highest BCUT2D eigenvalue weighted by Gasteiger charge is 2.30. The topological polar surface area (TPSA) is 237 Å². The summed E-state index contributed by atoms with van der Waals surface area (Å²) in [5, 5.41) is 10.6. The Balaban J connectivity index is 5.23. The first kappa shape index (κ1) is 93.1. The highest BCUT2D eigenvalue weighted by molar-refractivity contribution is 7.47. The fourth-order valence-electron chi connectivity index (χ4n) is 11.5. The Morgan fingerprint density at radius 1 is 0.295 bits per heavy atom. The van der Waals surface area contributed by atoms with Crippen molar-refractivity contribution in [3.8, 4) is 0 Å². The first-order valence-corrected chi connectivity index (χ1v) is 42.3. The van der Waals surface area contributed by atoms with Crippen LogP contribution in [0, 0.1) is 23.7 Å². The number of carbonyl (C=O) groups is 4. The number of ether oxygens (including phenoxy) is 4. The molecule has 19 heteroatoms. The summed E-state index contributed by atoms with van der Waals surface area (Å²) >= 11 is 0. The predicted octanol–water partition coefficient (Wildman–Crippen LogP) is 22.0. The number of aliphatic hydroxyl groups is 1. The van der Waals surface area contributed by atoms with E-state index in [0.29, 0.717) is 31.6 Å². The zero-order valence-corrected chi connectivity index (χ0v) is 64.1. The lowest BCUT2D eigenvalue weighted by Crippen LogP contribution is -2.30. The molecule has 0 saturated heterocycles. The molecule has 0 saturated carbocycles. The van der Waals surface area contributed by atoms with Gasteiger partial charge in [0.1, 0.15) is 19.3 Å². The normalized spacial score (nSPS) is 14.7. The monoisotopic (exact) mass is 1400 g/mol. The third-order valence-corrected chi connectivity index (χ3v) is 20.2. The average Bonchev–Trinajstić information content (AvgIpc) is 1.41. The van der Waals surface area contributed by atoms with Gasteiger partial charge in [-0.05, 0) is 49.4 Å². The quantitative estimate of drug-likeness (QED) is 0.0222. The molecule has 0 aromatic heterocycles. The summed E-state index contributed by atoms with van der Waals surface area (Å²) in [6.45, 7) is 14.2. The molecule has 17 nitrogen and oxygen atoms in total. The van der Waals surface area contributed by atoms with Crippen molar-refractivity contribution in [2.24, 2.45) is 23.7 Å². The van der Waals surface area contributed by atoms with Crippen LogP contribution < -0.4 is 0 Å². The van der Waals surface area contributed by atoms with Gasteiger partial charge in [0.25, 0.3) is 0 Å². The molecule has 7 atom stereocenters. The van der Waals surface area contributed by atoms with E-state index < -0.39 is 97.5 Å². The standard InChI is InChI=1S/C76H148O17P2/c1-9-68(7)54-46-38-30-22-19-20-24-33-42-50-58-75(80)92-71(62-86-73(78)56-48-40-32-23-18-16-14-12-11-13-15-17-21-28-36-44-52-66(3)4)64-90-94(82,83)88-60-70(77)61-89-95(84,85)91-65-72(63-87-74(79)57-49-41-35-27-29-37-45-53-67(5)6)93-76(81)59-51-43-34-26-25-31-39-47-55-69(8)10-2/h66-72,77H,9-65H2,1-8H3,(H,82,83)(H,84,85)/t68?,69?,70?,71-,72-/m1/s1. The average molecular weight is 1400 g/mol. The maximum Gasteiger partial charge on any atom is 0.472 e. The van der Waals surface area contributed by atoms with Crippen LogP contribution in [-0.2, 0) is 65.4 Å². The van der Waals surface area contributed by atoms with E-state index in [1.807, 2.05) is 0 Å². The molecule has 3 N–H and O–H groups in total. The number of hydrogen-bond donors (Lipinski definition) is 3. The van der Waals surface area contributed by atoms with Gasteiger partial charge in [0, 0.05) is 25.7 Å². The number of hydrogen-bond acceptors (Lipinski definition) is 15. The fraction of sp³-hybridized carbons (Fsp3) is 0.947. The van der Waals surface area contributed by atoms with E-state index in [1.54, 1.807) is 0 Å². The first-order chi connectivity index (χ1) is 45.7. The van der Waals surface area contributed by atoms with Crippen LogP contribution in [0.1, 0.15) is 383 Å². The summed E-state index contributed by atoms with van der Waals surface area (Å²) in [5.74, 6) is 0.967. The van der Waals surface area contributed by atoms with Crippen LogP contribution in [-0.4, -0.2) is 96.7 Å². The van der Waals surface area contributed by atoms with Crippen LogP contribution in [0.3, 0.4) is 0 Å². The SMILES string of the molecule is CCC(C)CCCCCCCCCCCCC(=O)O[C@H](COC(=O)CCCCCCCCCCCCCCCCCCC(C)C)COP(=O)(O)OCC(O)COP(=O)(O)OC[C@@H](COC(=O)CCCCCCCCCC(C)C)OC(=O)CCCCCCCCCCC(C)CC. The van der Waals surface area contributed by atoms with Gasteiger partial charge in [0.05, 0.1) is 26.4 Å². The largest absolute Gasteiger partial charge is 0.472 e. The minimum Gasteiger partial charge on any atom is -0.462 e. The van der Waals surface area contributed by atoms with Gasteiger partial charge in [-0.15, -0.1) is 0 Å². The molecule has 0 aliphatic rings. The summed E-state index contributed by atoms with van der Waals surface area (Å²) < 4.78 is 68.5. The molecule has 0 rings (SSSR count). The van der Waals surface area contributed by atoms with Crippen LogP contribution in [0.5, 0.6) is 0 Å². The third kappa shape index (κ3) is 67.6.